The minimum absolute atomic E-state index is 0.137. The fraction of sp³-hybridized carbons (Fsp3) is 0.455. The molecule has 0 amide bonds. The number of nitriles is 1. The number of esters is 1. The minimum Gasteiger partial charge on any atom is -0.466 e. The van der Waals surface area contributed by atoms with Crippen molar-refractivity contribution >= 4 is 5.97 Å². The number of carbonyl (C=O) groups excluding carboxylic acids is 1. The first-order valence-corrected chi connectivity index (χ1v) is 4.64. The molecule has 3 nitrogen and oxygen atoms in total. The van der Waals surface area contributed by atoms with Crippen molar-refractivity contribution in [1.29, 1.82) is 5.26 Å². The fourth-order valence-electron chi connectivity index (χ4n) is 1.39. The van der Waals surface area contributed by atoms with Gasteiger partial charge in [-0.3, -0.25) is 4.79 Å². The summed E-state index contributed by atoms with van der Waals surface area (Å²) in [6.07, 6.45) is 8.05. The van der Waals surface area contributed by atoms with E-state index in [9.17, 15) is 4.79 Å². The zero-order chi connectivity index (χ0) is 10.4. The monoisotopic (exact) mass is 191 g/mol. The van der Waals surface area contributed by atoms with Crippen molar-refractivity contribution in [3.63, 3.8) is 0 Å². The molecule has 0 bridgehead atoms. The summed E-state index contributed by atoms with van der Waals surface area (Å²) in [6.45, 7) is 2.12. The van der Waals surface area contributed by atoms with Crippen LogP contribution in [0.5, 0.6) is 0 Å². The first-order chi connectivity index (χ1) is 6.72. The topological polar surface area (TPSA) is 50.1 Å². The second kappa shape index (κ2) is 4.61. The van der Waals surface area contributed by atoms with Crippen molar-refractivity contribution in [2.45, 2.75) is 19.8 Å². The molecule has 1 atom stereocenters. The zero-order valence-corrected chi connectivity index (χ0v) is 8.19. The minimum atomic E-state index is -0.693. The third-order valence-electron chi connectivity index (χ3n) is 2.13. The van der Waals surface area contributed by atoms with Crippen molar-refractivity contribution in [2.24, 2.45) is 5.41 Å². The standard InChI is InChI=1S/C11H13NO2/c1-2-14-10(13)8-11(9-12)6-4-3-5-7-11/h3-6H,2,7-8H2,1H3. The first kappa shape index (κ1) is 10.5. The molecule has 3 heteroatoms. The van der Waals surface area contributed by atoms with E-state index in [1.807, 2.05) is 12.2 Å². The molecule has 14 heavy (non-hydrogen) atoms. The third kappa shape index (κ3) is 2.46. The maximum absolute atomic E-state index is 11.2. The lowest BCUT2D eigenvalue weighted by molar-refractivity contribution is -0.144. The van der Waals surface area contributed by atoms with Gasteiger partial charge in [0.25, 0.3) is 0 Å². The maximum atomic E-state index is 11.2. The Hall–Kier alpha value is -1.56. The van der Waals surface area contributed by atoms with Gasteiger partial charge in [0, 0.05) is 0 Å². The summed E-state index contributed by atoms with van der Waals surface area (Å²) < 4.78 is 4.82. The average molecular weight is 191 g/mol. The van der Waals surface area contributed by atoms with E-state index in [4.69, 9.17) is 10.00 Å². The molecule has 1 unspecified atom stereocenters. The van der Waals surface area contributed by atoms with Gasteiger partial charge in [-0.2, -0.15) is 5.26 Å². The molecule has 1 aliphatic rings. The van der Waals surface area contributed by atoms with Gasteiger partial charge in [-0.05, 0) is 13.3 Å². The number of hydrogen-bond acceptors (Lipinski definition) is 3. The molecule has 0 heterocycles. The number of hydrogen-bond donors (Lipinski definition) is 0. The van der Waals surface area contributed by atoms with Crippen molar-refractivity contribution in [1.82, 2.24) is 0 Å². The van der Waals surface area contributed by atoms with Gasteiger partial charge in [0.05, 0.1) is 24.5 Å². The predicted molar refractivity (Wildman–Crippen MR) is 52.2 cm³/mol. The lowest BCUT2D eigenvalue weighted by atomic mass is 9.80. The van der Waals surface area contributed by atoms with Gasteiger partial charge < -0.3 is 4.74 Å². The van der Waals surface area contributed by atoms with E-state index in [0.717, 1.165) is 0 Å². The first-order valence-electron chi connectivity index (χ1n) is 4.64. The summed E-state index contributed by atoms with van der Waals surface area (Å²) in [5, 5.41) is 9.02. The average Bonchev–Trinajstić information content (AvgIpc) is 2.19. The van der Waals surface area contributed by atoms with Gasteiger partial charge in [-0.25, -0.2) is 0 Å². The third-order valence-corrected chi connectivity index (χ3v) is 2.13. The van der Waals surface area contributed by atoms with Crippen LogP contribution in [0.1, 0.15) is 19.8 Å². The number of allylic oxidation sites excluding steroid dienone is 4. The highest BCUT2D eigenvalue weighted by atomic mass is 16.5. The Morgan fingerprint density at radius 2 is 2.43 bits per heavy atom. The molecule has 0 aromatic heterocycles. The quantitative estimate of drug-likeness (QED) is 0.641. The molecule has 0 aromatic carbocycles. The van der Waals surface area contributed by atoms with Crippen LogP contribution in [0.25, 0.3) is 0 Å². The van der Waals surface area contributed by atoms with Crippen LogP contribution in [0, 0.1) is 16.7 Å². The lowest BCUT2D eigenvalue weighted by Crippen LogP contribution is -2.22. The highest BCUT2D eigenvalue weighted by Gasteiger charge is 2.30. The molecular weight excluding hydrogens is 178 g/mol. The molecule has 0 radical (unpaired) electrons. The molecule has 0 fully saturated rings. The summed E-state index contributed by atoms with van der Waals surface area (Å²) in [7, 11) is 0. The van der Waals surface area contributed by atoms with Gasteiger partial charge in [0.15, 0.2) is 0 Å². The van der Waals surface area contributed by atoms with E-state index in [2.05, 4.69) is 6.07 Å². The van der Waals surface area contributed by atoms with Crippen LogP contribution in [0.4, 0.5) is 0 Å². The fourth-order valence-corrected chi connectivity index (χ4v) is 1.39. The van der Waals surface area contributed by atoms with Crippen LogP contribution in [-0.2, 0) is 9.53 Å². The molecule has 0 saturated heterocycles. The number of nitrogens with zero attached hydrogens (tertiary/aromatic N) is 1. The Bertz CT molecular complexity index is 312. The van der Waals surface area contributed by atoms with Crippen molar-refractivity contribution in [3.8, 4) is 6.07 Å². The largest absolute Gasteiger partial charge is 0.466 e. The molecular formula is C11H13NO2. The number of rotatable bonds is 3. The summed E-state index contributed by atoms with van der Waals surface area (Å²) >= 11 is 0. The molecule has 0 saturated carbocycles. The zero-order valence-electron chi connectivity index (χ0n) is 8.19. The van der Waals surface area contributed by atoms with Gasteiger partial charge in [-0.15, -0.1) is 0 Å². The van der Waals surface area contributed by atoms with E-state index in [1.54, 1.807) is 19.1 Å². The summed E-state index contributed by atoms with van der Waals surface area (Å²) in [4.78, 5) is 11.2. The second-order valence-electron chi connectivity index (χ2n) is 3.24. The molecule has 0 aromatic rings. The van der Waals surface area contributed by atoms with Crippen LogP contribution < -0.4 is 0 Å². The second-order valence-corrected chi connectivity index (χ2v) is 3.24. The smallest absolute Gasteiger partial charge is 0.307 e. The van der Waals surface area contributed by atoms with Crippen molar-refractivity contribution in [2.75, 3.05) is 6.61 Å². The van der Waals surface area contributed by atoms with E-state index in [-0.39, 0.29) is 12.4 Å². The van der Waals surface area contributed by atoms with Gasteiger partial charge in [-0.1, -0.05) is 24.3 Å². The Labute approximate surface area is 83.7 Å². The van der Waals surface area contributed by atoms with Gasteiger partial charge in [0.2, 0.25) is 0 Å². The van der Waals surface area contributed by atoms with E-state index in [1.165, 1.54) is 0 Å². The summed E-state index contributed by atoms with van der Waals surface area (Å²) in [5.74, 6) is -0.311. The molecule has 0 aliphatic heterocycles. The molecule has 1 rings (SSSR count). The molecule has 0 N–H and O–H groups in total. The molecule has 1 aliphatic carbocycles. The highest BCUT2D eigenvalue weighted by molar-refractivity contribution is 5.71. The highest BCUT2D eigenvalue weighted by Crippen LogP contribution is 2.31. The van der Waals surface area contributed by atoms with Crippen molar-refractivity contribution < 1.29 is 9.53 Å². The van der Waals surface area contributed by atoms with Crippen LogP contribution in [0.2, 0.25) is 0 Å². The van der Waals surface area contributed by atoms with Crippen LogP contribution >= 0.6 is 0 Å². The summed E-state index contributed by atoms with van der Waals surface area (Å²) in [5.41, 5.74) is -0.693. The summed E-state index contributed by atoms with van der Waals surface area (Å²) in [6, 6.07) is 2.17. The SMILES string of the molecule is CCOC(=O)CC1(C#N)C=CC=CC1. The predicted octanol–water partition coefficient (Wildman–Crippen LogP) is 1.97. The van der Waals surface area contributed by atoms with E-state index < -0.39 is 5.41 Å². The van der Waals surface area contributed by atoms with Crippen LogP contribution in [0.15, 0.2) is 24.3 Å². The Morgan fingerprint density at radius 1 is 1.64 bits per heavy atom. The van der Waals surface area contributed by atoms with Gasteiger partial charge >= 0.3 is 5.97 Å². The van der Waals surface area contributed by atoms with Crippen molar-refractivity contribution in [3.05, 3.63) is 24.3 Å². The van der Waals surface area contributed by atoms with Gasteiger partial charge in [0.1, 0.15) is 0 Å². The Morgan fingerprint density at radius 3 is 2.93 bits per heavy atom. The lowest BCUT2D eigenvalue weighted by Gasteiger charge is -2.21. The number of carbonyl (C=O) groups is 1. The van der Waals surface area contributed by atoms with Crippen LogP contribution in [0.3, 0.4) is 0 Å². The Balaban J connectivity index is 2.64. The normalized spacial score (nSPS) is 24.3. The van der Waals surface area contributed by atoms with E-state index in [0.29, 0.717) is 13.0 Å². The van der Waals surface area contributed by atoms with Crippen LogP contribution in [-0.4, -0.2) is 12.6 Å². The number of ether oxygens (including phenoxy) is 1. The van der Waals surface area contributed by atoms with E-state index >= 15 is 0 Å². The molecule has 0 spiro atoms. The molecule has 74 valence electrons. The maximum Gasteiger partial charge on any atom is 0.307 e. The Kier molecular flexibility index (Phi) is 3.47.